The third-order valence-electron chi connectivity index (χ3n) is 3.46. The highest BCUT2D eigenvalue weighted by Gasteiger charge is 2.08. The molecule has 0 spiro atoms. The molecule has 0 unspecified atom stereocenters. The van der Waals surface area contributed by atoms with Gasteiger partial charge in [-0.2, -0.15) is 0 Å². The molecule has 1 aromatic carbocycles. The first-order chi connectivity index (χ1) is 10.7. The average molecular weight is 318 g/mol. The molecule has 0 aliphatic heterocycles. The maximum atomic E-state index is 12.1. The summed E-state index contributed by atoms with van der Waals surface area (Å²) in [5.41, 5.74) is 2.18. The minimum absolute atomic E-state index is 0.0705. The van der Waals surface area contributed by atoms with Gasteiger partial charge >= 0.3 is 0 Å². The van der Waals surface area contributed by atoms with Gasteiger partial charge in [0.05, 0.1) is 6.54 Å². The maximum absolute atomic E-state index is 12.1. The number of carbonyl (C=O) groups is 1. The highest BCUT2D eigenvalue weighted by Crippen LogP contribution is 2.14. The zero-order chi connectivity index (χ0) is 15.8. The van der Waals surface area contributed by atoms with Crippen LogP contribution in [0.4, 0.5) is 0 Å². The van der Waals surface area contributed by atoms with Crippen LogP contribution in [0.5, 0.6) is 0 Å². The lowest BCUT2D eigenvalue weighted by molar-refractivity contribution is -0.128. The Labute approximate surface area is 136 Å². The number of likely N-dealkylation sites (N-methyl/N-ethyl adjacent to an activating group) is 1. The van der Waals surface area contributed by atoms with Crippen molar-refractivity contribution < 1.29 is 4.79 Å². The lowest BCUT2D eigenvalue weighted by atomic mass is 10.2. The minimum Gasteiger partial charge on any atom is -0.344 e. The van der Waals surface area contributed by atoms with Gasteiger partial charge in [-0.3, -0.25) is 9.78 Å². The number of nitrogens with zero attached hydrogens (tertiary/aromatic N) is 2. The number of halogens is 1. The standard InChI is InChI=1S/C17H20ClN3O/c1-21(11-8-14-6-9-19-10-7-14)17(22)13-20-12-15-4-2-3-5-16(15)18/h2-7,9-10,20H,8,11-13H2,1H3. The van der Waals surface area contributed by atoms with Crippen LogP contribution >= 0.6 is 11.6 Å². The van der Waals surface area contributed by atoms with E-state index in [9.17, 15) is 4.79 Å². The van der Waals surface area contributed by atoms with Crippen LogP contribution in [0.25, 0.3) is 0 Å². The fourth-order valence-corrected chi connectivity index (χ4v) is 2.25. The summed E-state index contributed by atoms with van der Waals surface area (Å²) in [7, 11) is 1.82. The number of amides is 1. The fraction of sp³-hybridized carbons (Fsp3) is 0.294. The molecule has 2 rings (SSSR count). The summed E-state index contributed by atoms with van der Waals surface area (Å²) < 4.78 is 0. The number of carbonyl (C=O) groups excluding carboxylic acids is 1. The second-order valence-corrected chi connectivity index (χ2v) is 5.52. The van der Waals surface area contributed by atoms with E-state index >= 15 is 0 Å². The van der Waals surface area contributed by atoms with E-state index in [0.29, 0.717) is 24.7 Å². The number of hydrogen-bond acceptors (Lipinski definition) is 3. The van der Waals surface area contributed by atoms with Crippen LogP contribution in [-0.2, 0) is 17.8 Å². The van der Waals surface area contributed by atoms with E-state index < -0.39 is 0 Å². The van der Waals surface area contributed by atoms with Crippen LogP contribution < -0.4 is 5.32 Å². The van der Waals surface area contributed by atoms with Crippen molar-refractivity contribution in [3.8, 4) is 0 Å². The molecule has 2 aromatic rings. The van der Waals surface area contributed by atoms with Crippen LogP contribution in [0, 0.1) is 0 Å². The molecule has 22 heavy (non-hydrogen) atoms. The monoisotopic (exact) mass is 317 g/mol. The summed E-state index contributed by atoms with van der Waals surface area (Å²) in [5.74, 6) is 0.0705. The van der Waals surface area contributed by atoms with Gasteiger partial charge in [0, 0.05) is 37.6 Å². The van der Waals surface area contributed by atoms with Crippen LogP contribution in [0.2, 0.25) is 5.02 Å². The lowest BCUT2D eigenvalue weighted by Crippen LogP contribution is -2.36. The van der Waals surface area contributed by atoms with Crippen molar-refractivity contribution in [1.29, 1.82) is 0 Å². The van der Waals surface area contributed by atoms with E-state index in [1.54, 1.807) is 17.3 Å². The Morgan fingerprint density at radius 1 is 1.23 bits per heavy atom. The van der Waals surface area contributed by atoms with Gasteiger partial charge in [-0.1, -0.05) is 29.8 Å². The van der Waals surface area contributed by atoms with Gasteiger partial charge in [-0.25, -0.2) is 0 Å². The maximum Gasteiger partial charge on any atom is 0.236 e. The van der Waals surface area contributed by atoms with Crippen molar-refractivity contribution in [1.82, 2.24) is 15.2 Å². The Morgan fingerprint density at radius 2 is 1.95 bits per heavy atom. The Kier molecular flexibility index (Phi) is 6.37. The largest absolute Gasteiger partial charge is 0.344 e. The minimum atomic E-state index is 0.0705. The average Bonchev–Trinajstić information content (AvgIpc) is 2.55. The second-order valence-electron chi connectivity index (χ2n) is 5.12. The molecule has 0 aliphatic rings. The van der Waals surface area contributed by atoms with Gasteiger partial charge in [0.15, 0.2) is 0 Å². The summed E-state index contributed by atoms with van der Waals surface area (Å²) >= 11 is 6.08. The third-order valence-corrected chi connectivity index (χ3v) is 3.83. The Balaban J connectivity index is 1.71. The van der Waals surface area contributed by atoms with E-state index in [-0.39, 0.29) is 5.91 Å². The van der Waals surface area contributed by atoms with Crippen molar-refractivity contribution in [3.63, 3.8) is 0 Å². The topological polar surface area (TPSA) is 45.2 Å². The molecule has 0 saturated heterocycles. The molecule has 4 nitrogen and oxygen atoms in total. The van der Waals surface area contributed by atoms with Gasteiger partial charge in [-0.05, 0) is 35.7 Å². The third kappa shape index (κ3) is 5.13. The predicted molar refractivity (Wildman–Crippen MR) is 88.7 cm³/mol. The van der Waals surface area contributed by atoms with E-state index in [4.69, 9.17) is 11.6 Å². The van der Waals surface area contributed by atoms with Crippen molar-refractivity contribution in [2.24, 2.45) is 0 Å². The number of rotatable bonds is 7. The van der Waals surface area contributed by atoms with Crippen LogP contribution in [0.1, 0.15) is 11.1 Å². The van der Waals surface area contributed by atoms with Crippen molar-refractivity contribution in [2.75, 3.05) is 20.1 Å². The second kappa shape index (κ2) is 8.51. The molecule has 1 N–H and O–H groups in total. The Morgan fingerprint density at radius 3 is 2.68 bits per heavy atom. The van der Waals surface area contributed by atoms with Gasteiger partial charge < -0.3 is 10.2 Å². The number of benzene rings is 1. The van der Waals surface area contributed by atoms with Gasteiger partial charge in [0.25, 0.3) is 0 Å². The molecule has 0 aliphatic carbocycles. The molecule has 1 amide bonds. The molecule has 1 aromatic heterocycles. The molecule has 5 heteroatoms. The molecule has 0 atom stereocenters. The van der Waals surface area contributed by atoms with Crippen molar-refractivity contribution >= 4 is 17.5 Å². The smallest absolute Gasteiger partial charge is 0.236 e. The summed E-state index contributed by atoms with van der Waals surface area (Å²) in [6, 6.07) is 11.6. The van der Waals surface area contributed by atoms with E-state index in [1.165, 1.54) is 5.56 Å². The molecule has 0 fully saturated rings. The molecule has 0 bridgehead atoms. The first-order valence-corrected chi connectivity index (χ1v) is 7.61. The Bertz CT molecular complexity index is 604. The van der Waals surface area contributed by atoms with E-state index in [1.807, 2.05) is 43.4 Å². The van der Waals surface area contributed by atoms with Crippen LogP contribution in [0.15, 0.2) is 48.8 Å². The van der Waals surface area contributed by atoms with Crippen LogP contribution in [-0.4, -0.2) is 35.9 Å². The van der Waals surface area contributed by atoms with Crippen molar-refractivity contribution in [2.45, 2.75) is 13.0 Å². The van der Waals surface area contributed by atoms with E-state index in [2.05, 4.69) is 10.3 Å². The lowest BCUT2D eigenvalue weighted by Gasteiger charge is -2.17. The van der Waals surface area contributed by atoms with Gasteiger partial charge in [0.1, 0.15) is 0 Å². The summed E-state index contributed by atoms with van der Waals surface area (Å²) in [6.07, 6.45) is 4.36. The molecule has 116 valence electrons. The Hall–Kier alpha value is -1.91. The first-order valence-electron chi connectivity index (χ1n) is 7.24. The summed E-state index contributed by atoms with van der Waals surface area (Å²) in [5, 5.41) is 3.85. The number of nitrogens with one attached hydrogen (secondary N) is 1. The molecule has 0 radical (unpaired) electrons. The highest BCUT2D eigenvalue weighted by molar-refractivity contribution is 6.31. The number of hydrogen-bond donors (Lipinski definition) is 1. The first kappa shape index (κ1) is 16.5. The van der Waals surface area contributed by atoms with Crippen molar-refractivity contribution in [3.05, 3.63) is 64.9 Å². The van der Waals surface area contributed by atoms with Crippen LogP contribution in [0.3, 0.4) is 0 Å². The fourth-order valence-electron chi connectivity index (χ4n) is 2.05. The zero-order valence-corrected chi connectivity index (χ0v) is 13.4. The SMILES string of the molecule is CN(CCc1ccncc1)C(=O)CNCc1ccccc1Cl. The summed E-state index contributed by atoms with van der Waals surface area (Å²) in [6.45, 7) is 1.58. The zero-order valence-electron chi connectivity index (χ0n) is 12.6. The summed E-state index contributed by atoms with van der Waals surface area (Å²) in [4.78, 5) is 17.8. The normalized spacial score (nSPS) is 10.5. The van der Waals surface area contributed by atoms with Gasteiger partial charge in [0.2, 0.25) is 5.91 Å². The van der Waals surface area contributed by atoms with E-state index in [0.717, 1.165) is 12.0 Å². The molecule has 0 saturated carbocycles. The highest BCUT2D eigenvalue weighted by atomic mass is 35.5. The number of aromatic nitrogens is 1. The molecular weight excluding hydrogens is 298 g/mol. The van der Waals surface area contributed by atoms with Gasteiger partial charge in [-0.15, -0.1) is 0 Å². The number of pyridine rings is 1. The molecular formula is C17H20ClN3O. The quantitative estimate of drug-likeness (QED) is 0.853. The molecule has 1 heterocycles. The predicted octanol–water partition coefficient (Wildman–Crippen LogP) is 2.53.